The molecule has 1 saturated carbocycles. The van der Waals surface area contributed by atoms with Gasteiger partial charge in [-0.2, -0.15) is 0 Å². The molecule has 1 aromatic rings. The Morgan fingerprint density at radius 2 is 1.81 bits per heavy atom. The summed E-state index contributed by atoms with van der Waals surface area (Å²) in [7, 11) is 0. The van der Waals surface area contributed by atoms with Crippen molar-refractivity contribution in [1.82, 2.24) is 5.32 Å². The Balaban J connectivity index is 2.00. The minimum Gasteiger partial charge on any atom is -0.317 e. The van der Waals surface area contributed by atoms with Gasteiger partial charge in [0.1, 0.15) is 0 Å². The maximum atomic E-state index is 3.74. The fourth-order valence-corrected chi connectivity index (χ4v) is 4.61. The third-order valence-corrected chi connectivity index (χ3v) is 6.59. The molecule has 0 aromatic heterocycles. The molecule has 2 rings (SSSR count). The predicted molar refractivity (Wildman–Crippen MR) is 99.0 cm³/mol. The van der Waals surface area contributed by atoms with Crippen LogP contribution in [0.4, 0.5) is 0 Å². The number of halogens is 2. The number of hydrogen-bond donors (Lipinski definition) is 1. The summed E-state index contributed by atoms with van der Waals surface area (Å²) in [5.41, 5.74) is 3.33. The van der Waals surface area contributed by atoms with Crippen molar-refractivity contribution in [3.8, 4) is 0 Å². The summed E-state index contributed by atoms with van der Waals surface area (Å²) in [6, 6.07) is 4.53. The second-order valence-corrected chi connectivity index (χ2v) is 8.21. The van der Waals surface area contributed by atoms with Crippen molar-refractivity contribution in [3.63, 3.8) is 0 Å². The van der Waals surface area contributed by atoms with E-state index in [0.29, 0.717) is 5.41 Å². The first-order chi connectivity index (χ1) is 10.1. The van der Waals surface area contributed by atoms with E-state index in [9.17, 15) is 0 Å². The lowest BCUT2D eigenvalue weighted by atomic mass is 9.77. The molecule has 0 radical (unpaired) electrons. The Bertz CT molecular complexity index is 465. The van der Waals surface area contributed by atoms with E-state index in [1.54, 1.807) is 0 Å². The van der Waals surface area contributed by atoms with Crippen LogP contribution >= 0.6 is 31.9 Å². The van der Waals surface area contributed by atoms with Crippen LogP contribution in [0.25, 0.3) is 0 Å². The predicted octanol–water partition coefficient (Wildman–Crippen LogP) is 6.01. The fraction of sp³-hybridized carbons (Fsp3) is 0.667. The molecule has 3 heteroatoms. The van der Waals surface area contributed by atoms with Crippen LogP contribution in [0.5, 0.6) is 0 Å². The smallest absolute Gasteiger partial charge is 0.0210 e. The molecule has 0 amide bonds. The van der Waals surface area contributed by atoms with E-state index in [2.05, 4.69) is 63.2 Å². The number of hydrogen-bond acceptors (Lipinski definition) is 1. The largest absolute Gasteiger partial charge is 0.317 e. The van der Waals surface area contributed by atoms with Gasteiger partial charge >= 0.3 is 0 Å². The molecule has 0 heterocycles. The van der Waals surface area contributed by atoms with Crippen molar-refractivity contribution >= 4 is 31.9 Å². The molecule has 1 aliphatic rings. The van der Waals surface area contributed by atoms with Gasteiger partial charge in [-0.3, -0.25) is 0 Å². The fourth-order valence-electron chi connectivity index (χ4n) is 3.56. The zero-order valence-corrected chi connectivity index (χ0v) is 16.4. The van der Waals surface area contributed by atoms with E-state index in [1.807, 2.05) is 0 Å². The second kappa shape index (κ2) is 8.12. The molecule has 1 aliphatic carbocycles. The highest BCUT2D eigenvalue weighted by molar-refractivity contribution is 9.11. The van der Waals surface area contributed by atoms with E-state index >= 15 is 0 Å². The molecule has 0 unspecified atom stereocenters. The van der Waals surface area contributed by atoms with Crippen molar-refractivity contribution in [3.05, 3.63) is 32.2 Å². The first-order valence-electron chi connectivity index (χ1n) is 8.21. The molecule has 0 saturated heterocycles. The molecule has 1 aromatic carbocycles. The summed E-state index contributed by atoms with van der Waals surface area (Å²) in [5.74, 6) is 0. The van der Waals surface area contributed by atoms with Gasteiger partial charge in [0.05, 0.1) is 0 Å². The van der Waals surface area contributed by atoms with E-state index < -0.39 is 0 Å². The van der Waals surface area contributed by atoms with E-state index in [0.717, 1.165) is 6.54 Å². The summed E-state index contributed by atoms with van der Waals surface area (Å²) in [6.45, 7) is 6.61. The van der Waals surface area contributed by atoms with Gasteiger partial charge < -0.3 is 5.32 Å². The molecule has 21 heavy (non-hydrogen) atoms. The number of nitrogens with one attached hydrogen (secondary N) is 1. The standard InChI is InChI=1S/C18H27Br2N/c1-3-21-11-10-18(7-4-5-8-18)9-6-15-13-16(19)14(2)12-17(15)20/h12-13,21H,3-11H2,1-2H3. The minimum absolute atomic E-state index is 0.582. The normalized spacial score (nSPS) is 17.3. The van der Waals surface area contributed by atoms with Gasteiger partial charge in [0.25, 0.3) is 0 Å². The van der Waals surface area contributed by atoms with Crippen LogP contribution in [0, 0.1) is 12.3 Å². The Hall–Kier alpha value is 0.140. The first kappa shape index (κ1) is 17.5. The maximum Gasteiger partial charge on any atom is 0.0210 e. The first-order valence-corrected chi connectivity index (χ1v) is 9.80. The van der Waals surface area contributed by atoms with Crippen LogP contribution in [-0.2, 0) is 6.42 Å². The van der Waals surface area contributed by atoms with Gasteiger partial charge in [0.15, 0.2) is 0 Å². The van der Waals surface area contributed by atoms with Crippen molar-refractivity contribution in [2.24, 2.45) is 5.41 Å². The summed E-state index contributed by atoms with van der Waals surface area (Å²) in [6.07, 6.45) is 9.53. The summed E-state index contributed by atoms with van der Waals surface area (Å²) in [4.78, 5) is 0. The number of benzene rings is 1. The topological polar surface area (TPSA) is 12.0 Å². The second-order valence-electron chi connectivity index (χ2n) is 6.50. The van der Waals surface area contributed by atoms with E-state index in [4.69, 9.17) is 0 Å². The Morgan fingerprint density at radius 1 is 1.10 bits per heavy atom. The van der Waals surface area contributed by atoms with Crippen molar-refractivity contribution < 1.29 is 0 Å². The maximum absolute atomic E-state index is 3.74. The van der Waals surface area contributed by atoms with Gasteiger partial charge in [-0.25, -0.2) is 0 Å². The molecule has 0 spiro atoms. The zero-order chi connectivity index (χ0) is 15.3. The van der Waals surface area contributed by atoms with Gasteiger partial charge in [0.2, 0.25) is 0 Å². The molecule has 1 nitrogen and oxygen atoms in total. The third kappa shape index (κ3) is 4.80. The molecule has 0 bridgehead atoms. The van der Waals surface area contributed by atoms with Gasteiger partial charge in [-0.05, 0) is 80.8 Å². The Labute approximate surface area is 146 Å². The lowest BCUT2D eigenvalue weighted by molar-refractivity contribution is 0.246. The van der Waals surface area contributed by atoms with E-state index in [1.165, 1.54) is 71.6 Å². The van der Waals surface area contributed by atoms with Gasteiger partial charge in [-0.1, -0.05) is 51.6 Å². The Morgan fingerprint density at radius 3 is 2.48 bits per heavy atom. The molecule has 1 N–H and O–H groups in total. The number of aryl methyl sites for hydroxylation is 2. The van der Waals surface area contributed by atoms with Crippen molar-refractivity contribution in [1.29, 1.82) is 0 Å². The van der Waals surface area contributed by atoms with Gasteiger partial charge in [-0.15, -0.1) is 0 Å². The van der Waals surface area contributed by atoms with Crippen LogP contribution in [0.3, 0.4) is 0 Å². The highest BCUT2D eigenvalue weighted by Crippen LogP contribution is 2.45. The summed E-state index contributed by atoms with van der Waals surface area (Å²) in [5, 5.41) is 3.51. The van der Waals surface area contributed by atoms with Crippen molar-refractivity contribution in [2.75, 3.05) is 13.1 Å². The molecule has 0 atom stereocenters. The molecule has 1 fully saturated rings. The van der Waals surface area contributed by atoms with Gasteiger partial charge in [0, 0.05) is 8.95 Å². The monoisotopic (exact) mass is 415 g/mol. The van der Waals surface area contributed by atoms with Crippen LogP contribution in [0.15, 0.2) is 21.1 Å². The minimum atomic E-state index is 0.582. The van der Waals surface area contributed by atoms with Crippen LogP contribution in [0.1, 0.15) is 56.6 Å². The van der Waals surface area contributed by atoms with Crippen molar-refractivity contribution in [2.45, 2.75) is 58.8 Å². The number of rotatable bonds is 7. The van der Waals surface area contributed by atoms with E-state index in [-0.39, 0.29) is 0 Å². The lowest BCUT2D eigenvalue weighted by Gasteiger charge is -2.29. The van der Waals surface area contributed by atoms with Crippen LogP contribution in [0.2, 0.25) is 0 Å². The third-order valence-electron chi connectivity index (χ3n) is 5.00. The van der Waals surface area contributed by atoms with Crippen LogP contribution in [-0.4, -0.2) is 13.1 Å². The SMILES string of the molecule is CCNCCC1(CCc2cc(Br)c(C)cc2Br)CCCC1. The molecule has 0 aliphatic heterocycles. The average Bonchev–Trinajstić information content (AvgIpc) is 2.91. The molecule has 118 valence electrons. The molecular weight excluding hydrogens is 390 g/mol. The average molecular weight is 417 g/mol. The lowest BCUT2D eigenvalue weighted by Crippen LogP contribution is -2.25. The molecular formula is C18H27Br2N. The highest BCUT2D eigenvalue weighted by atomic mass is 79.9. The summed E-state index contributed by atoms with van der Waals surface area (Å²) >= 11 is 7.41. The Kier molecular flexibility index (Phi) is 6.77. The van der Waals surface area contributed by atoms with Crippen LogP contribution < -0.4 is 5.32 Å². The highest BCUT2D eigenvalue weighted by Gasteiger charge is 2.32. The summed E-state index contributed by atoms with van der Waals surface area (Å²) < 4.78 is 2.50. The zero-order valence-electron chi connectivity index (χ0n) is 13.3. The quantitative estimate of drug-likeness (QED) is 0.536.